The van der Waals surface area contributed by atoms with Crippen LogP contribution < -0.4 is 11.1 Å². The van der Waals surface area contributed by atoms with Crippen LogP contribution in [0.25, 0.3) is 11.0 Å². The molecular formula is C18H22N2O5. The van der Waals surface area contributed by atoms with Crippen molar-refractivity contribution < 1.29 is 23.5 Å². The fourth-order valence-corrected chi connectivity index (χ4v) is 2.51. The number of ether oxygens (including phenoxy) is 1. The minimum atomic E-state index is -1.09. The van der Waals surface area contributed by atoms with Gasteiger partial charge in [-0.3, -0.25) is 14.9 Å². The Kier molecular flexibility index (Phi) is 5.80. The fourth-order valence-electron chi connectivity index (χ4n) is 2.51. The third-order valence-electron chi connectivity index (χ3n) is 3.83. The molecule has 0 saturated heterocycles. The van der Waals surface area contributed by atoms with Gasteiger partial charge in [0.05, 0.1) is 12.7 Å². The number of furan rings is 1. The number of imide groups is 1. The Labute approximate surface area is 145 Å². The quantitative estimate of drug-likeness (QED) is 0.780. The highest BCUT2D eigenvalue weighted by atomic mass is 16.5. The molecule has 0 unspecified atom stereocenters. The predicted molar refractivity (Wildman–Crippen MR) is 91.7 cm³/mol. The lowest BCUT2D eigenvalue weighted by Crippen LogP contribution is -2.45. The van der Waals surface area contributed by atoms with Gasteiger partial charge in [0.25, 0.3) is 5.91 Å². The van der Waals surface area contributed by atoms with Gasteiger partial charge in [0.15, 0.2) is 6.10 Å². The van der Waals surface area contributed by atoms with Crippen molar-refractivity contribution in [3.63, 3.8) is 0 Å². The Balaban J connectivity index is 2.10. The van der Waals surface area contributed by atoms with E-state index in [4.69, 9.17) is 14.9 Å². The third-order valence-corrected chi connectivity index (χ3v) is 3.83. The Morgan fingerprint density at radius 3 is 2.60 bits per heavy atom. The zero-order chi connectivity index (χ0) is 18.6. The Morgan fingerprint density at radius 2 is 2.00 bits per heavy atom. The predicted octanol–water partition coefficient (Wildman–Crippen LogP) is 2.30. The number of fused-ring (bicyclic) bond motifs is 1. The summed E-state index contributed by atoms with van der Waals surface area (Å²) in [6.07, 6.45) is 1.27. The zero-order valence-corrected chi connectivity index (χ0v) is 14.5. The largest absolute Gasteiger partial charge is 0.464 e. The molecular weight excluding hydrogens is 324 g/mol. The first-order chi connectivity index (χ1) is 11.8. The molecule has 0 bridgehead atoms. The summed E-state index contributed by atoms with van der Waals surface area (Å²) >= 11 is 0. The molecule has 1 aromatic carbocycles. The highest BCUT2D eigenvalue weighted by Gasteiger charge is 2.27. The van der Waals surface area contributed by atoms with Crippen molar-refractivity contribution in [3.05, 3.63) is 35.6 Å². The molecule has 3 N–H and O–H groups in total. The van der Waals surface area contributed by atoms with Crippen LogP contribution in [0.5, 0.6) is 0 Å². The molecule has 7 nitrogen and oxygen atoms in total. The first-order valence-electron chi connectivity index (χ1n) is 8.10. The average molecular weight is 346 g/mol. The number of amides is 3. The SMILES string of the molecule is CCc1ccc2c(CC(=O)O[C@@H](C(=O)NC(N)=O)C(C)C)coc2c1. The van der Waals surface area contributed by atoms with Crippen LogP contribution in [0.2, 0.25) is 0 Å². The molecule has 25 heavy (non-hydrogen) atoms. The van der Waals surface area contributed by atoms with E-state index in [1.165, 1.54) is 6.26 Å². The molecule has 0 aliphatic rings. The molecule has 0 saturated carbocycles. The molecule has 3 amide bonds. The van der Waals surface area contributed by atoms with Crippen LogP contribution >= 0.6 is 0 Å². The van der Waals surface area contributed by atoms with Crippen molar-refractivity contribution in [2.45, 2.75) is 39.7 Å². The van der Waals surface area contributed by atoms with Crippen LogP contribution in [0.1, 0.15) is 31.9 Å². The number of rotatable bonds is 6. The maximum absolute atomic E-state index is 12.2. The maximum Gasteiger partial charge on any atom is 0.318 e. The standard InChI is InChI=1S/C18H22N2O5/c1-4-11-5-6-13-12(9-24-14(13)7-11)8-15(21)25-16(10(2)3)17(22)20-18(19)23/h5-7,9-10,16H,4,8H2,1-3H3,(H3,19,20,22,23)/t16-/m1/s1. The first kappa shape index (κ1) is 18.5. The number of esters is 1. The second-order valence-corrected chi connectivity index (χ2v) is 6.13. The van der Waals surface area contributed by atoms with Crippen molar-refractivity contribution in [1.29, 1.82) is 0 Å². The van der Waals surface area contributed by atoms with Crippen molar-refractivity contribution >= 4 is 28.9 Å². The average Bonchev–Trinajstić information content (AvgIpc) is 2.93. The number of urea groups is 1. The number of primary amides is 1. The van der Waals surface area contributed by atoms with E-state index in [1.54, 1.807) is 13.8 Å². The molecule has 1 heterocycles. The van der Waals surface area contributed by atoms with E-state index in [-0.39, 0.29) is 12.3 Å². The maximum atomic E-state index is 12.2. The molecule has 0 radical (unpaired) electrons. The number of carbonyl (C=O) groups excluding carboxylic acids is 3. The van der Waals surface area contributed by atoms with Crippen LogP contribution in [0.4, 0.5) is 4.79 Å². The minimum absolute atomic E-state index is 0.0362. The van der Waals surface area contributed by atoms with Crippen molar-refractivity contribution in [1.82, 2.24) is 5.32 Å². The Bertz CT molecular complexity index is 794. The summed E-state index contributed by atoms with van der Waals surface area (Å²) in [6, 6.07) is 4.82. The first-order valence-corrected chi connectivity index (χ1v) is 8.10. The number of benzene rings is 1. The Hall–Kier alpha value is -2.83. The van der Waals surface area contributed by atoms with Gasteiger partial charge in [-0.25, -0.2) is 4.79 Å². The van der Waals surface area contributed by atoms with E-state index in [2.05, 4.69) is 0 Å². The van der Waals surface area contributed by atoms with Crippen LogP contribution in [-0.4, -0.2) is 24.0 Å². The summed E-state index contributed by atoms with van der Waals surface area (Å²) in [7, 11) is 0. The van der Waals surface area contributed by atoms with E-state index < -0.39 is 24.0 Å². The summed E-state index contributed by atoms with van der Waals surface area (Å²) in [5.41, 5.74) is 7.46. The summed E-state index contributed by atoms with van der Waals surface area (Å²) in [4.78, 5) is 34.9. The monoisotopic (exact) mass is 346 g/mol. The molecule has 0 fully saturated rings. The van der Waals surface area contributed by atoms with E-state index in [9.17, 15) is 14.4 Å². The molecule has 1 aromatic heterocycles. The summed E-state index contributed by atoms with van der Waals surface area (Å²) in [5.74, 6) is -1.63. The fraction of sp³-hybridized carbons (Fsp3) is 0.389. The molecule has 134 valence electrons. The topological polar surface area (TPSA) is 112 Å². The number of hydrogen-bond donors (Lipinski definition) is 2. The van der Waals surface area contributed by atoms with E-state index in [0.29, 0.717) is 11.1 Å². The highest BCUT2D eigenvalue weighted by molar-refractivity contribution is 5.97. The number of nitrogens with two attached hydrogens (primary N) is 1. The Morgan fingerprint density at radius 1 is 1.28 bits per heavy atom. The van der Waals surface area contributed by atoms with Gasteiger partial charge < -0.3 is 14.9 Å². The lowest BCUT2D eigenvalue weighted by atomic mass is 10.1. The summed E-state index contributed by atoms with van der Waals surface area (Å²) in [5, 5.41) is 2.77. The smallest absolute Gasteiger partial charge is 0.318 e. The molecule has 0 spiro atoms. The highest BCUT2D eigenvalue weighted by Crippen LogP contribution is 2.23. The summed E-state index contributed by atoms with van der Waals surface area (Å²) < 4.78 is 10.7. The van der Waals surface area contributed by atoms with Crippen molar-refractivity contribution in [2.75, 3.05) is 0 Å². The van der Waals surface area contributed by atoms with Crippen molar-refractivity contribution in [2.24, 2.45) is 11.7 Å². The molecule has 7 heteroatoms. The van der Waals surface area contributed by atoms with Crippen LogP contribution in [0.15, 0.2) is 28.9 Å². The molecule has 0 aliphatic carbocycles. The van der Waals surface area contributed by atoms with Gasteiger partial charge in [0.1, 0.15) is 5.58 Å². The normalized spacial score (nSPS) is 12.2. The lowest BCUT2D eigenvalue weighted by Gasteiger charge is -2.19. The lowest BCUT2D eigenvalue weighted by molar-refractivity contribution is -0.157. The van der Waals surface area contributed by atoms with Gasteiger partial charge >= 0.3 is 12.0 Å². The molecule has 1 atom stereocenters. The minimum Gasteiger partial charge on any atom is -0.464 e. The second kappa shape index (κ2) is 7.83. The van der Waals surface area contributed by atoms with E-state index in [1.807, 2.05) is 30.4 Å². The number of aryl methyl sites for hydroxylation is 1. The third kappa shape index (κ3) is 4.59. The van der Waals surface area contributed by atoms with Gasteiger partial charge in [0.2, 0.25) is 0 Å². The van der Waals surface area contributed by atoms with Crippen molar-refractivity contribution in [3.8, 4) is 0 Å². The number of hydrogen-bond acceptors (Lipinski definition) is 5. The van der Waals surface area contributed by atoms with E-state index in [0.717, 1.165) is 17.4 Å². The number of carbonyl (C=O) groups is 3. The second-order valence-electron chi connectivity index (χ2n) is 6.13. The molecule has 2 aromatic rings. The molecule has 2 rings (SSSR count). The zero-order valence-electron chi connectivity index (χ0n) is 14.5. The van der Waals surface area contributed by atoms with Crippen LogP contribution in [0.3, 0.4) is 0 Å². The van der Waals surface area contributed by atoms with Crippen LogP contribution in [0, 0.1) is 5.92 Å². The van der Waals surface area contributed by atoms with Gasteiger partial charge in [0, 0.05) is 10.9 Å². The van der Waals surface area contributed by atoms with Gasteiger partial charge in [-0.1, -0.05) is 32.9 Å². The number of nitrogens with one attached hydrogen (secondary N) is 1. The summed E-state index contributed by atoms with van der Waals surface area (Å²) in [6.45, 7) is 5.46. The van der Waals surface area contributed by atoms with Gasteiger partial charge in [-0.15, -0.1) is 0 Å². The van der Waals surface area contributed by atoms with Gasteiger partial charge in [-0.2, -0.15) is 0 Å². The van der Waals surface area contributed by atoms with E-state index >= 15 is 0 Å². The van der Waals surface area contributed by atoms with Gasteiger partial charge in [-0.05, 0) is 24.0 Å². The molecule has 0 aliphatic heterocycles. The van der Waals surface area contributed by atoms with Crippen LogP contribution in [-0.2, 0) is 27.2 Å².